The van der Waals surface area contributed by atoms with Gasteiger partial charge in [0.25, 0.3) is 0 Å². The molecule has 0 aliphatic rings. The molecule has 0 fully saturated rings. The summed E-state index contributed by atoms with van der Waals surface area (Å²) in [6.45, 7) is 4.88. The van der Waals surface area contributed by atoms with Crippen LogP contribution in [0.1, 0.15) is 30.0 Å². The zero-order chi connectivity index (χ0) is 22.3. The highest BCUT2D eigenvalue weighted by atomic mass is 79.9. The molecule has 160 valence electrons. The van der Waals surface area contributed by atoms with Gasteiger partial charge < -0.3 is 4.74 Å². The number of hydrogen-bond donors (Lipinski definition) is 0. The minimum Gasteiger partial charge on any atom is -0.493 e. The summed E-state index contributed by atoms with van der Waals surface area (Å²) in [5.41, 5.74) is 7.08. The maximum absolute atomic E-state index is 5.95. The largest absolute Gasteiger partial charge is 0.493 e. The van der Waals surface area contributed by atoms with E-state index in [2.05, 4.69) is 72.3 Å². The zero-order valence-corrected chi connectivity index (χ0v) is 19.8. The molecular weight excluding hydrogens is 460 g/mol. The standard InChI is InChI=1S/C28H25BrN2O/c1-3-15-32-26-12-8-7-11-25(26)27-20(2)16-23(18-30-27)28-22(17-24(29)19-31-28)14-13-21-9-5-4-6-10-21/h4-14,16-19H,3,15H2,1-2H3/b14-13+. The first-order valence-corrected chi connectivity index (χ1v) is 11.5. The smallest absolute Gasteiger partial charge is 0.128 e. The fourth-order valence-corrected chi connectivity index (χ4v) is 3.91. The molecule has 0 unspecified atom stereocenters. The average molecular weight is 485 g/mol. The molecule has 0 atom stereocenters. The predicted molar refractivity (Wildman–Crippen MR) is 136 cm³/mol. The first-order valence-electron chi connectivity index (χ1n) is 10.7. The first kappa shape index (κ1) is 22.0. The van der Waals surface area contributed by atoms with E-state index < -0.39 is 0 Å². The Morgan fingerprint density at radius 3 is 2.41 bits per heavy atom. The minimum atomic E-state index is 0.689. The molecule has 0 aliphatic carbocycles. The van der Waals surface area contributed by atoms with Crippen LogP contribution in [0.3, 0.4) is 0 Å². The topological polar surface area (TPSA) is 35.0 Å². The Morgan fingerprint density at radius 2 is 1.62 bits per heavy atom. The van der Waals surface area contributed by atoms with Gasteiger partial charge in [0.15, 0.2) is 0 Å². The number of aryl methyl sites for hydroxylation is 1. The molecule has 4 aromatic rings. The van der Waals surface area contributed by atoms with E-state index in [9.17, 15) is 0 Å². The Morgan fingerprint density at radius 1 is 0.875 bits per heavy atom. The second kappa shape index (κ2) is 10.4. The van der Waals surface area contributed by atoms with E-state index in [1.54, 1.807) is 0 Å². The van der Waals surface area contributed by atoms with Crippen molar-refractivity contribution in [3.05, 3.63) is 100 Å². The van der Waals surface area contributed by atoms with Gasteiger partial charge in [0.1, 0.15) is 5.75 Å². The van der Waals surface area contributed by atoms with Crippen molar-refractivity contribution in [1.82, 2.24) is 9.97 Å². The van der Waals surface area contributed by atoms with E-state index in [0.717, 1.165) is 55.8 Å². The summed E-state index contributed by atoms with van der Waals surface area (Å²) in [7, 11) is 0. The van der Waals surface area contributed by atoms with Crippen LogP contribution in [0.15, 0.2) is 83.6 Å². The SMILES string of the molecule is CCCOc1ccccc1-c1ncc(-c2ncc(Br)cc2/C=C/c2ccccc2)cc1C. The molecular formula is C28H25BrN2O. The highest BCUT2D eigenvalue weighted by Crippen LogP contribution is 2.33. The zero-order valence-electron chi connectivity index (χ0n) is 18.3. The molecule has 32 heavy (non-hydrogen) atoms. The number of rotatable bonds is 7. The third-order valence-corrected chi connectivity index (χ3v) is 5.53. The summed E-state index contributed by atoms with van der Waals surface area (Å²) >= 11 is 3.55. The van der Waals surface area contributed by atoms with Crippen LogP contribution in [0.25, 0.3) is 34.7 Å². The quantitative estimate of drug-likeness (QED) is 0.268. The van der Waals surface area contributed by atoms with Crippen molar-refractivity contribution in [2.75, 3.05) is 6.61 Å². The second-order valence-electron chi connectivity index (χ2n) is 7.57. The molecule has 4 heteroatoms. The molecule has 0 bridgehead atoms. The van der Waals surface area contributed by atoms with Crippen LogP contribution in [-0.4, -0.2) is 16.6 Å². The molecule has 3 nitrogen and oxygen atoms in total. The summed E-state index contributed by atoms with van der Waals surface area (Å²) in [6.07, 6.45) is 8.89. The maximum atomic E-state index is 5.95. The Hall–Kier alpha value is -3.24. The molecule has 2 heterocycles. The van der Waals surface area contributed by atoms with Crippen molar-refractivity contribution in [3.8, 4) is 28.3 Å². The number of ether oxygens (including phenoxy) is 1. The number of hydrogen-bond acceptors (Lipinski definition) is 3. The Balaban J connectivity index is 1.71. The molecule has 0 N–H and O–H groups in total. The normalized spacial score (nSPS) is 11.1. The molecule has 0 spiro atoms. The van der Waals surface area contributed by atoms with E-state index in [1.807, 2.05) is 48.8 Å². The lowest BCUT2D eigenvalue weighted by molar-refractivity contribution is 0.318. The minimum absolute atomic E-state index is 0.689. The first-order chi connectivity index (χ1) is 15.7. The Labute approximate surface area is 198 Å². The van der Waals surface area contributed by atoms with E-state index in [0.29, 0.717) is 6.61 Å². The number of para-hydroxylation sites is 1. The van der Waals surface area contributed by atoms with Gasteiger partial charge in [-0.05, 0) is 64.7 Å². The summed E-state index contributed by atoms with van der Waals surface area (Å²) in [5.74, 6) is 0.867. The summed E-state index contributed by atoms with van der Waals surface area (Å²) in [4.78, 5) is 9.52. The van der Waals surface area contributed by atoms with Gasteiger partial charge in [0, 0.05) is 33.6 Å². The van der Waals surface area contributed by atoms with Crippen LogP contribution in [0, 0.1) is 6.92 Å². The molecule has 0 amide bonds. The van der Waals surface area contributed by atoms with Crippen LogP contribution in [0.5, 0.6) is 5.75 Å². The number of halogens is 1. The van der Waals surface area contributed by atoms with Crippen LogP contribution < -0.4 is 4.74 Å². The third kappa shape index (κ3) is 5.14. The van der Waals surface area contributed by atoms with Gasteiger partial charge in [0.05, 0.1) is 18.0 Å². The number of aromatic nitrogens is 2. The lowest BCUT2D eigenvalue weighted by Crippen LogP contribution is -1.99. The van der Waals surface area contributed by atoms with Gasteiger partial charge in [-0.3, -0.25) is 9.97 Å². The van der Waals surface area contributed by atoms with E-state index >= 15 is 0 Å². The van der Waals surface area contributed by atoms with Gasteiger partial charge >= 0.3 is 0 Å². The maximum Gasteiger partial charge on any atom is 0.128 e. The molecule has 0 saturated heterocycles. The van der Waals surface area contributed by atoms with Crippen molar-refractivity contribution in [1.29, 1.82) is 0 Å². The van der Waals surface area contributed by atoms with E-state index in [4.69, 9.17) is 14.7 Å². The molecule has 2 aromatic carbocycles. The Bertz CT molecular complexity index is 1240. The van der Waals surface area contributed by atoms with Crippen molar-refractivity contribution in [3.63, 3.8) is 0 Å². The number of benzene rings is 2. The molecule has 0 aliphatic heterocycles. The molecule has 0 radical (unpaired) electrons. The molecule has 0 saturated carbocycles. The molecule has 4 rings (SSSR count). The average Bonchev–Trinajstić information content (AvgIpc) is 2.82. The van der Waals surface area contributed by atoms with Gasteiger partial charge in [0.2, 0.25) is 0 Å². The highest BCUT2D eigenvalue weighted by molar-refractivity contribution is 9.10. The van der Waals surface area contributed by atoms with Gasteiger partial charge in [-0.1, -0.05) is 61.5 Å². The summed E-state index contributed by atoms with van der Waals surface area (Å²) in [6, 6.07) is 22.6. The fourth-order valence-electron chi connectivity index (χ4n) is 3.56. The highest BCUT2D eigenvalue weighted by Gasteiger charge is 2.13. The Kier molecular flexibility index (Phi) is 7.13. The number of pyridine rings is 2. The predicted octanol–water partition coefficient (Wildman–Crippen LogP) is 7.84. The van der Waals surface area contributed by atoms with Crippen molar-refractivity contribution in [2.45, 2.75) is 20.3 Å². The third-order valence-electron chi connectivity index (χ3n) is 5.09. The fraction of sp³-hybridized carbons (Fsp3) is 0.143. The van der Waals surface area contributed by atoms with Crippen molar-refractivity contribution < 1.29 is 4.74 Å². The lowest BCUT2D eigenvalue weighted by atomic mass is 10.0. The monoisotopic (exact) mass is 484 g/mol. The summed E-state index contributed by atoms with van der Waals surface area (Å²) < 4.78 is 6.89. The van der Waals surface area contributed by atoms with Gasteiger partial charge in [-0.15, -0.1) is 0 Å². The van der Waals surface area contributed by atoms with E-state index in [-0.39, 0.29) is 0 Å². The van der Waals surface area contributed by atoms with Crippen molar-refractivity contribution >= 4 is 28.1 Å². The van der Waals surface area contributed by atoms with Crippen LogP contribution in [0.2, 0.25) is 0 Å². The van der Waals surface area contributed by atoms with Crippen LogP contribution >= 0.6 is 15.9 Å². The number of nitrogens with zero attached hydrogens (tertiary/aromatic N) is 2. The van der Waals surface area contributed by atoms with Crippen LogP contribution in [-0.2, 0) is 0 Å². The second-order valence-corrected chi connectivity index (χ2v) is 8.49. The van der Waals surface area contributed by atoms with E-state index in [1.165, 1.54) is 0 Å². The van der Waals surface area contributed by atoms with Crippen molar-refractivity contribution in [2.24, 2.45) is 0 Å². The van der Waals surface area contributed by atoms with Gasteiger partial charge in [-0.25, -0.2) is 0 Å². The lowest BCUT2D eigenvalue weighted by Gasteiger charge is -2.13. The van der Waals surface area contributed by atoms with Gasteiger partial charge in [-0.2, -0.15) is 0 Å². The molecule has 2 aromatic heterocycles. The van der Waals surface area contributed by atoms with Crippen LogP contribution in [0.4, 0.5) is 0 Å². The summed E-state index contributed by atoms with van der Waals surface area (Å²) in [5, 5.41) is 0.